The van der Waals surface area contributed by atoms with Gasteiger partial charge in [-0.25, -0.2) is 0 Å². The van der Waals surface area contributed by atoms with Crippen molar-refractivity contribution in [3.8, 4) is 0 Å². The Labute approximate surface area is 95.5 Å². The molecule has 0 aromatic carbocycles. The molecule has 2 nitrogen and oxygen atoms in total. The molecule has 1 N–H and O–H groups in total. The highest BCUT2D eigenvalue weighted by molar-refractivity contribution is 4.78. The monoisotopic (exact) mass is 238 g/mol. The molecular formula is C11H21F3N2. The summed E-state index contributed by atoms with van der Waals surface area (Å²) < 4.78 is 37.0. The minimum Gasteiger partial charge on any atom is -0.312 e. The molecule has 0 aromatic rings. The van der Waals surface area contributed by atoms with Crippen molar-refractivity contribution in [3.05, 3.63) is 12.7 Å². The highest BCUT2D eigenvalue weighted by Gasteiger charge is 2.33. The molecule has 0 saturated carbocycles. The van der Waals surface area contributed by atoms with Crippen molar-refractivity contribution in [3.63, 3.8) is 0 Å². The third kappa shape index (κ3) is 6.85. The SMILES string of the molecule is C=CCNCC(C)N(CC(F)(F)F)C(C)C. The van der Waals surface area contributed by atoms with Gasteiger partial charge in [0.2, 0.25) is 0 Å². The Balaban J connectivity index is 4.24. The molecule has 0 spiro atoms. The van der Waals surface area contributed by atoms with Gasteiger partial charge < -0.3 is 5.32 Å². The highest BCUT2D eigenvalue weighted by Crippen LogP contribution is 2.19. The summed E-state index contributed by atoms with van der Waals surface area (Å²) in [7, 11) is 0. The molecule has 0 fully saturated rings. The molecule has 1 unspecified atom stereocenters. The topological polar surface area (TPSA) is 15.3 Å². The van der Waals surface area contributed by atoms with Gasteiger partial charge in [-0.2, -0.15) is 13.2 Å². The van der Waals surface area contributed by atoms with Crippen molar-refractivity contribution >= 4 is 0 Å². The maximum Gasteiger partial charge on any atom is 0.401 e. The third-order valence-corrected chi connectivity index (χ3v) is 2.32. The van der Waals surface area contributed by atoms with Gasteiger partial charge in [0, 0.05) is 25.2 Å². The fourth-order valence-corrected chi connectivity index (χ4v) is 1.57. The van der Waals surface area contributed by atoms with Crippen molar-refractivity contribution in [2.45, 2.75) is 39.0 Å². The van der Waals surface area contributed by atoms with E-state index in [0.29, 0.717) is 13.1 Å². The third-order valence-electron chi connectivity index (χ3n) is 2.32. The minimum absolute atomic E-state index is 0.123. The van der Waals surface area contributed by atoms with Crippen molar-refractivity contribution in [2.24, 2.45) is 0 Å². The zero-order valence-corrected chi connectivity index (χ0v) is 10.1. The molecule has 0 heterocycles. The summed E-state index contributed by atoms with van der Waals surface area (Å²) in [4.78, 5) is 1.44. The number of hydrogen-bond acceptors (Lipinski definition) is 2. The Kier molecular flexibility index (Phi) is 6.67. The van der Waals surface area contributed by atoms with Crippen LogP contribution in [-0.4, -0.2) is 42.8 Å². The van der Waals surface area contributed by atoms with Gasteiger partial charge in [-0.3, -0.25) is 4.90 Å². The summed E-state index contributed by atoms with van der Waals surface area (Å²) in [5.74, 6) is 0. The van der Waals surface area contributed by atoms with E-state index in [9.17, 15) is 13.2 Å². The van der Waals surface area contributed by atoms with Crippen molar-refractivity contribution in [1.29, 1.82) is 0 Å². The molecule has 0 aliphatic heterocycles. The lowest BCUT2D eigenvalue weighted by Crippen LogP contribution is -2.48. The lowest BCUT2D eigenvalue weighted by Gasteiger charge is -2.33. The van der Waals surface area contributed by atoms with E-state index in [-0.39, 0.29) is 12.1 Å². The van der Waals surface area contributed by atoms with E-state index in [0.717, 1.165) is 0 Å². The van der Waals surface area contributed by atoms with Crippen LogP contribution < -0.4 is 5.32 Å². The van der Waals surface area contributed by atoms with Crippen molar-refractivity contribution < 1.29 is 13.2 Å². The van der Waals surface area contributed by atoms with E-state index in [4.69, 9.17) is 0 Å². The normalized spacial score (nSPS) is 14.5. The molecule has 0 radical (unpaired) electrons. The van der Waals surface area contributed by atoms with Crippen LogP contribution in [0.5, 0.6) is 0 Å². The lowest BCUT2D eigenvalue weighted by molar-refractivity contribution is -0.154. The van der Waals surface area contributed by atoms with Crippen LogP contribution >= 0.6 is 0 Å². The van der Waals surface area contributed by atoms with Crippen molar-refractivity contribution in [2.75, 3.05) is 19.6 Å². The maximum absolute atomic E-state index is 12.3. The van der Waals surface area contributed by atoms with Gasteiger partial charge in [0.15, 0.2) is 0 Å². The fourth-order valence-electron chi connectivity index (χ4n) is 1.57. The second-order valence-electron chi connectivity index (χ2n) is 4.18. The molecule has 16 heavy (non-hydrogen) atoms. The van der Waals surface area contributed by atoms with Gasteiger partial charge in [0.05, 0.1) is 6.54 Å². The zero-order chi connectivity index (χ0) is 12.8. The second-order valence-corrected chi connectivity index (χ2v) is 4.18. The fraction of sp³-hybridized carbons (Fsp3) is 0.818. The van der Waals surface area contributed by atoms with Gasteiger partial charge in [-0.15, -0.1) is 6.58 Å². The van der Waals surface area contributed by atoms with Crippen LogP contribution in [-0.2, 0) is 0 Å². The number of halogens is 3. The Morgan fingerprint density at radius 1 is 1.31 bits per heavy atom. The van der Waals surface area contributed by atoms with Crippen LogP contribution in [0.1, 0.15) is 20.8 Å². The summed E-state index contributed by atoms with van der Waals surface area (Å²) >= 11 is 0. The predicted molar refractivity (Wildman–Crippen MR) is 60.4 cm³/mol. The molecule has 1 atom stereocenters. The molecule has 0 bridgehead atoms. The first kappa shape index (κ1) is 15.4. The number of nitrogens with one attached hydrogen (secondary N) is 1. The van der Waals surface area contributed by atoms with Gasteiger partial charge >= 0.3 is 6.18 Å². The van der Waals surface area contributed by atoms with Gasteiger partial charge in [-0.1, -0.05) is 6.08 Å². The largest absolute Gasteiger partial charge is 0.401 e. The summed E-state index contributed by atoms with van der Waals surface area (Å²) in [6.07, 6.45) is -2.45. The van der Waals surface area contributed by atoms with Crippen LogP contribution in [0.15, 0.2) is 12.7 Å². The van der Waals surface area contributed by atoms with Crippen LogP contribution in [0.4, 0.5) is 13.2 Å². The highest BCUT2D eigenvalue weighted by atomic mass is 19.4. The molecule has 96 valence electrons. The average molecular weight is 238 g/mol. The van der Waals surface area contributed by atoms with E-state index in [1.54, 1.807) is 26.8 Å². The van der Waals surface area contributed by atoms with Gasteiger partial charge in [-0.05, 0) is 20.8 Å². The van der Waals surface area contributed by atoms with E-state index >= 15 is 0 Å². The first-order valence-corrected chi connectivity index (χ1v) is 5.42. The van der Waals surface area contributed by atoms with Crippen LogP contribution in [0.3, 0.4) is 0 Å². The summed E-state index contributed by atoms with van der Waals surface area (Å²) in [5, 5.41) is 3.03. The van der Waals surface area contributed by atoms with E-state index in [2.05, 4.69) is 11.9 Å². The second kappa shape index (κ2) is 6.91. The minimum atomic E-state index is -4.14. The predicted octanol–water partition coefficient (Wildman–Crippen LogP) is 2.42. The van der Waals surface area contributed by atoms with Crippen molar-refractivity contribution in [1.82, 2.24) is 10.2 Å². The van der Waals surface area contributed by atoms with E-state index < -0.39 is 12.7 Å². The van der Waals surface area contributed by atoms with Crippen LogP contribution in [0.25, 0.3) is 0 Å². The van der Waals surface area contributed by atoms with Crippen LogP contribution in [0.2, 0.25) is 0 Å². The Morgan fingerprint density at radius 3 is 2.25 bits per heavy atom. The van der Waals surface area contributed by atoms with E-state index in [1.807, 2.05) is 0 Å². The molecule has 0 aromatic heterocycles. The number of nitrogens with zero attached hydrogens (tertiary/aromatic N) is 1. The molecule has 5 heteroatoms. The number of rotatable bonds is 7. The maximum atomic E-state index is 12.3. The zero-order valence-electron chi connectivity index (χ0n) is 10.1. The summed E-state index contributed by atoms with van der Waals surface area (Å²) in [6, 6.07) is -0.274. The molecular weight excluding hydrogens is 217 g/mol. The standard InChI is InChI=1S/C11H21F3N2/c1-5-6-15-7-10(4)16(9(2)3)8-11(12,13)14/h5,9-10,15H,1,6-8H2,2-4H3. The number of alkyl halides is 3. The molecule has 0 aliphatic carbocycles. The Hall–Kier alpha value is -0.550. The molecule has 0 aliphatic rings. The Morgan fingerprint density at radius 2 is 1.88 bits per heavy atom. The Bertz CT molecular complexity index is 202. The first-order chi connectivity index (χ1) is 7.28. The lowest BCUT2D eigenvalue weighted by atomic mass is 10.2. The quantitative estimate of drug-likeness (QED) is 0.541. The van der Waals surface area contributed by atoms with E-state index in [1.165, 1.54) is 4.90 Å². The van der Waals surface area contributed by atoms with Gasteiger partial charge in [0.1, 0.15) is 0 Å². The van der Waals surface area contributed by atoms with Crippen LogP contribution in [0, 0.1) is 0 Å². The smallest absolute Gasteiger partial charge is 0.312 e. The number of hydrogen-bond donors (Lipinski definition) is 1. The average Bonchev–Trinajstić information content (AvgIpc) is 2.12. The van der Waals surface area contributed by atoms with Gasteiger partial charge in [0.25, 0.3) is 0 Å². The summed E-state index contributed by atoms with van der Waals surface area (Å²) in [6.45, 7) is 9.16. The first-order valence-electron chi connectivity index (χ1n) is 5.42. The molecule has 0 saturated heterocycles. The molecule has 0 amide bonds. The molecule has 0 rings (SSSR count). The summed E-state index contributed by atoms with van der Waals surface area (Å²) in [5.41, 5.74) is 0.